The van der Waals surface area contributed by atoms with Gasteiger partial charge in [-0.2, -0.15) is 0 Å². The molecule has 0 aliphatic carbocycles. The molecule has 0 aromatic heterocycles. The van der Waals surface area contributed by atoms with E-state index in [1.807, 2.05) is 0 Å². The third kappa shape index (κ3) is 6.71. The summed E-state index contributed by atoms with van der Waals surface area (Å²) < 4.78 is 6.96. The summed E-state index contributed by atoms with van der Waals surface area (Å²) in [5.41, 5.74) is 9.30. The third-order valence-corrected chi connectivity index (χ3v) is 16.5. The lowest BCUT2D eigenvalue weighted by Gasteiger charge is -2.32. The van der Waals surface area contributed by atoms with Gasteiger partial charge in [-0.25, -0.2) is 0 Å². The number of benzene rings is 5. The maximum Gasteiger partial charge on any atom is 0.195 e. The van der Waals surface area contributed by atoms with Crippen LogP contribution in [-0.2, 0) is 12.8 Å². The summed E-state index contributed by atoms with van der Waals surface area (Å²) in [5, 5.41) is 5.97. The number of nitrogens with zero attached hydrogens (tertiary/aromatic N) is 1. The molecular weight excluding hydrogens is 635 g/mol. The van der Waals surface area contributed by atoms with Crippen LogP contribution in [-0.4, -0.2) is 19.8 Å². The molecule has 3 heteroatoms. The van der Waals surface area contributed by atoms with Crippen LogP contribution < -0.4 is 30.4 Å². The zero-order chi connectivity index (χ0) is 35.6. The number of hydrogen-bond donors (Lipinski definition) is 0. The molecule has 2 heterocycles. The van der Waals surface area contributed by atoms with Crippen molar-refractivity contribution in [3.05, 3.63) is 131 Å². The fourth-order valence-electron chi connectivity index (χ4n) is 8.66. The Labute approximate surface area is 308 Å². The van der Waals surface area contributed by atoms with Gasteiger partial charge in [-0.3, -0.25) is 0 Å². The first kappa shape index (κ1) is 35.3. The summed E-state index contributed by atoms with van der Waals surface area (Å²) in [6.45, 7) is 13.7. The number of hydrogen-bond acceptors (Lipinski definition) is 2. The molecule has 0 bridgehead atoms. The Morgan fingerprint density at radius 2 is 1.18 bits per heavy atom. The first-order valence-corrected chi connectivity index (χ1v) is 21.8. The van der Waals surface area contributed by atoms with E-state index in [1.54, 1.807) is 0 Å². The number of ether oxygens (including phenoxy) is 1. The average Bonchev–Trinajstić information content (AvgIpc) is 3.58. The summed E-state index contributed by atoms with van der Waals surface area (Å²) >= 11 is 0. The summed E-state index contributed by atoms with van der Waals surface area (Å²) in [7, 11) is -2.63. The van der Waals surface area contributed by atoms with Crippen molar-refractivity contribution in [1.82, 2.24) is 0 Å². The van der Waals surface area contributed by atoms with Gasteiger partial charge < -0.3 is 9.64 Å². The molecule has 264 valence electrons. The highest BCUT2D eigenvalue weighted by atomic mass is 28.3. The van der Waals surface area contributed by atoms with Crippen molar-refractivity contribution in [2.24, 2.45) is 0 Å². The Hall–Kier alpha value is -4.08. The SMILES string of the molecule is CCCCCCc1ccc([Si]2(c3ccc(CCCCCC)cc3)c3cc(C)ccc3-c3cc(OC4N(c5ccccc5)C4(C)C)c(C)cc32)cc1. The molecule has 0 N–H and O–H groups in total. The van der Waals surface area contributed by atoms with E-state index < -0.39 is 8.07 Å². The van der Waals surface area contributed by atoms with Gasteiger partial charge in [-0.15, -0.1) is 0 Å². The van der Waals surface area contributed by atoms with Crippen LogP contribution in [0.2, 0.25) is 0 Å². The molecule has 2 aliphatic rings. The zero-order valence-electron chi connectivity index (χ0n) is 31.9. The molecule has 1 fully saturated rings. The lowest BCUT2D eigenvalue weighted by atomic mass is 10.0. The van der Waals surface area contributed by atoms with Gasteiger partial charge in [0, 0.05) is 5.69 Å². The molecular formula is C48H57NOSi. The molecule has 2 nitrogen and oxygen atoms in total. The monoisotopic (exact) mass is 691 g/mol. The van der Waals surface area contributed by atoms with Gasteiger partial charge in [0.05, 0.1) is 5.54 Å². The Kier molecular flexibility index (Phi) is 10.3. The Morgan fingerprint density at radius 3 is 1.75 bits per heavy atom. The maximum atomic E-state index is 6.96. The Balaban J connectivity index is 1.33. The highest BCUT2D eigenvalue weighted by Gasteiger charge is 2.58. The molecule has 1 unspecified atom stereocenters. The first-order chi connectivity index (χ1) is 24.8. The number of fused-ring (bicyclic) bond motifs is 3. The lowest BCUT2D eigenvalue weighted by Crippen LogP contribution is -2.73. The molecule has 5 aromatic carbocycles. The van der Waals surface area contributed by atoms with Crippen molar-refractivity contribution < 1.29 is 4.74 Å². The third-order valence-electron chi connectivity index (χ3n) is 11.7. The predicted molar refractivity (Wildman–Crippen MR) is 222 cm³/mol. The smallest absolute Gasteiger partial charge is 0.195 e. The van der Waals surface area contributed by atoms with Crippen molar-refractivity contribution in [2.45, 2.75) is 118 Å². The van der Waals surface area contributed by atoms with Gasteiger partial charge in [-0.05, 0) is 120 Å². The molecule has 1 saturated heterocycles. The predicted octanol–water partition coefficient (Wildman–Crippen LogP) is 9.91. The number of para-hydroxylation sites is 1. The van der Waals surface area contributed by atoms with Gasteiger partial charge in [-0.1, -0.05) is 149 Å². The lowest BCUT2D eigenvalue weighted by molar-refractivity contribution is 0.279. The van der Waals surface area contributed by atoms with Crippen LogP contribution in [0.25, 0.3) is 11.1 Å². The molecule has 0 saturated carbocycles. The minimum atomic E-state index is -2.63. The second-order valence-electron chi connectivity index (χ2n) is 15.8. The van der Waals surface area contributed by atoms with Gasteiger partial charge >= 0.3 is 0 Å². The number of rotatable bonds is 15. The standard InChI is InChI=1S/C48H57NOSi/c1-7-9-11-14-18-37-23-27-40(28-24-37)51(41-29-25-38(26-30-41)19-15-12-10-8-2)45-32-35(3)22-31-42(45)43-34-44(36(4)33-46(43)51)50-47-48(5,6)49(47)39-20-16-13-17-21-39/h13,16-17,20-34,47H,7-12,14-15,18-19H2,1-6H3. The quantitative estimate of drug-likeness (QED) is 0.0604. The zero-order valence-corrected chi connectivity index (χ0v) is 32.9. The van der Waals surface area contributed by atoms with E-state index >= 15 is 0 Å². The van der Waals surface area contributed by atoms with Gasteiger partial charge in [0.25, 0.3) is 0 Å². The van der Waals surface area contributed by atoms with Crippen LogP contribution in [0.3, 0.4) is 0 Å². The van der Waals surface area contributed by atoms with E-state index in [2.05, 4.69) is 156 Å². The summed E-state index contributed by atoms with van der Waals surface area (Å²) in [5.74, 6) is 0.992. The number of aryl methyl sites for hydroxylation is 4. The number of anilines is 1. The van der Waals surface area contributed by atoms with E-state index in [0.717, 1.165) is 18.6 Å². The van der Waals surface area contributed by atoms with Gasteiger partial charge in [0.15, 0.2) is 14.3 Å². The second-order valence-corrected chi connectivity index (χ2v) is 19.5. The fraction of sp³-hybridized carbons (Fsp3) is 0.375. The molecule has 7 rings (SSSR count). The van der Waals surface area contributed by atoms with Crippen molar-refractivity contribution in [2.75, 3.05) is 4.90 Å². The molecule has 5 aromatic rings. The second kappa shape index (κ2) is 14.9. The average molecular weight is 692 g/mol. The maximum absolute atomic E-state index is 6.96. The van der Waals surface area contributed by atoms with E-state index in [4.69, 9.17) is 4.74 Å². The van der Waals surface area contributed by atoms with Crippen LogP contribution in [0.1, 0.15) is 101 Å². The van der Waals surface area contributed by atoms with E-state index in [-0.39, 0.29) is 11.8 Å². The minimum Gasteiger partial charge on any atom is -0.468 e. The molecule has 0 radical (unpaired) electrons. The van der Waals surface area contributed by atoms with Crippen molar-refractivity contribution in [1.29, 1.82) is 0 Å². The van der Waals surface area contributed by atoms with Crippen LogP contribution in [0.15, 0.2) is 109 Å². The van der Waals surface area contributed by atoms with Crippen molar-refractivity contribution in [3.63, 3.8) is 0 Å². The molecule has 1 atom stereocenters. The molecule has 51 heavy (non-hydrogen) atoms. The van der Waals surface area contributed by atoms with Gasteiger partial charge in [0.2, 0.25) is 0 Å². The Bertz CT molecular complexity index is 1890. The largest absolute Gasteiger partial charge is 0.468 e. The summed E-state index contributed by atoms with van der Waals surface area (Å²) in [4.78, 5) is 2.39. The van der Waals surface area contributed by atoms with Crippen molar-refractivity contribution >= 4 is 34.5 Å². The van der Waals surface area contributed by atoms with Gasteiger partial charge in [0.1, 0.15) is 5.75 Å². The molecule has 0 amide bonds. The normalized spacial score (nSPS) is 16.5. The molecule has 0 spiro atoms. The van der Waals surface area contributed by atoms with Crippen LogP contribution in [0.5, 0.6) is 5.75 Å². The van der Waals surface area contributed by atoms with Crippen LogP contribution >= 0.6 is 0 Å². The van der Waals surface area contributed by atoms with Crippen molar-refractivity contribution in [3.8, 4) is 16.9 Å². The van der Waals surface area contributed by atoms with E-state index in [9.17, 15) is 0 Å². The first-order valence-electron chi connectivity index (χ1n) is 19.8. The Morgan fingerprint density at radius 1 is 0.608 bits per heavy atom. The van der Waals surface area contributed by atoms with E-state index in [0.29, 0.717) is 0 Å². The highest BCUT2D eigenvalue weighted by Crippen LogP contribution is 2.46. The number of unbranched alkanes of at least 4 members (excludes halogenated alkanes) is 6. The van der Waals surface area contributed by atoms with Crippen LogP contribution in [0.4, 0.5) is 5.69 Å². The summed E-state index contributed by atoms with van der Waals surface area (Å²) in [6.07, 6.45) is 12.7. The fourth-order valence-corrected chi connectivity index (χ4v) is 14.0. The van der Waals surface area contributed by atoms with E-state index in [1.165, 1.54) is 111 Å². The minimum absolute atomic E-state index is 0.00714. The van der Waals surface area contributed by atoms with Crippen LogP contribution in [0, 0.1) is 13.8 Å². The topological polar surface area (TPSA) is 12.2 Å². The highest BCUT2D eigenvalue weighted by molar-refractivity contribution is 7.22. The summed E-state index contributed by atoms with van der Waals surface area (Å²) in [6, 6.07) is 42.5. The molecule has 2 aliphatic heterocycles.